The van der Waals surface area contributed by atoms with Gasteiger partial charge in [0.1, 0.15) is 0 Å². The van der Waals surface area contributed by atoms with Crippen LogP contribution in [0.3, 0.4) is 0 Å². The molecule has 17 heavy (non-hydrogen) atoms. The molecule has 0 N–H and O–H groups in total. The van der Waals surface area contributed by atoms with Crippen molar-refractivity contribution in [3.05, 3.63) is 0 Å². The van der Waals surface area contributed by atoms with Gasteiger partial charge in [-0.3, -0.25) is 4.90 Å². The second-order valence-electron chi connectivity index (χ2n) is 6.34. The Morgan fingerprint density at radius 2 is 1.47 bits per heavy atom. The molecule has 0 saturated carbocycles. The lowest BCUT2D eigenvalue weighted by molar-refractivity contribution is 0.0947. The summed E-state index contributed by atoms with van der Waals surface area (Å²) in [6, 6.07) is 0. The summed E-state index contributed by atoms with van der Waals surface area (Å²) in [4.78, 5) is 5.11. The molecule has 0 unspecified atom stereocenters. The van der Waals surface area contributed by atoms with Gasteiger partial charge in [-0.25, -0.2) is 0 Å². The van der Waals surface area contributed by atoms with Gasteiger partial charge in [-0.1, -0.05) is 20.8 Å². The number of ether oxygens (including phenoxy) is 1. The van der Waals surface area contributed by atoms with E-state index in [9.17, 15) is 0 Å². The topological polar surface area (TPSA) is 15.7 Å². The van der Waals surface area contributed by atoms with Crippen LogP contribution in [0, 0.1) is 5.41 Å². The van der Waals surface area contributed by atoms with Crippen LogP contribution < -0.4 is 0 Å². The number of hydrogen-bond acceptors (Lipinski definition) is 3. The molecule has 0 aliphatic carbocycles. The van der Waals surface area contributed by atoms with Gasteiger partial charge in [0.15, 0.2) is 0 Å². The summed E-state index contributed by atoms with van der Waals surface area (Å²) >= 11 is 0. The Labute approximate surface area is 107 Å². The normalized spacial score (nSPS) is 19.8. The van der Waals surface area contributed by atoms with Gasteiger partial charge >= 0.3 is 0 Å². The van der Waals surface area contributed by atoms with Crippen molar-refractivity contribution in [2.75, 3.05) is 53.0 Å². The van der Waals surface area contributed by atoms with Crippen molar-refractivity contribution in [3.8, 4) is 0 Å². The fourth-order valence-electron chi connectivity index (χ4n) is 2.29. The zero-order valence-electron chi connectivity index (χ0n) is 12.2. The first kappa shape index (κ1) is 14.9. The molecule has 0 bridgehead atoms. The summed E-state index contributed by atoms with van der Waals surface area (Å²) in [7, 11) is 1.78. The predicted octanol–water partition coefficient (Wildman–Crippen LogP) is 2.08. The van der Waals surface area contributed by atoms with E-state index in [0.29, 0.717) is 5.41 Å². The van der Waals surface area contributed by atoms with E-state index in [1.807, 2.05) is 0 Å². The molecular weight excluding hydrogens is 212 g/mol. The summed E-state index contributed by atoms with van der Waals surface area (Å²) < 4.78 is 5.12. The number of hydrogen-bond donors (Lipinski definition) is 0. The molecule has 1 aliphatic rings. The fraction of sp³-hybridized carbons (Fsp3) is 1.00. The van der Waals surface area contributed by atoms with Crippen molar-refractivity contribution < 1.29 is 4.74 Å². The lowest BCUT2D eigenvalue weighted by Gasteiger charge is -2.35. The molecule has 3 nitrogen and oxygen atoms in total. The molecule has 1 saturated heterocycles. The predicted molar refractivity (Wildman–Crippen MR) is 73.4 cm³/mol. The minimum absolute atomic E-state index is 0.486. The lowest BCUT2D eigenvalue weighted by atomic mass is 9.90. The summed E-state index contributed by atoms with van der Waals surface area (Å²) in [6.07, 6.45) is 2.67. The van der Waals surface area contributed by atoms with Crippen LogP contribution in [-0.4, -0.2) is 62.8 Å². The van der Waals surface area contributed by atoms with Gasteiger partial charge in [0.25, 0.3) is 0 Å². The summed E-state index contributed by atoms with van der Waals surface area (Å²) in [6.45, 7) is 15.1. The molecule has 1 rings (SSSR count). The van der Waals surface area contributed by atoms with Crippen LogP contribution in [0.5, 0.6) is 0 Å². The van der Waals surface area contributed by atoms with Gasteiger partial charge in [-0.2, -0.15) is 0 Å². The highest BCUT2D eigenvalue weighted by Gasteiger charge is 2.17. The third kappa shape index (κ3) is 7.02. The van der Waals surface area contributed by atoms with Crippen LogP contribution in [0.25, 0.3) is 0 Å². The van der Waals surface area contributed by atoms with Crippen LogP contribution in [-0.2, 0) is 4.74 Å². The Morgan fingerprint density at radius 3 is 1.94 bits per heavy atom. The standard InChI is InChI=1S/C14H30N2O/c1-14(2,3)6-5-7-15-8-10-16(11-9-15)12-13-17-4/h5-13H2,1-4H3. The smallest absolute Gasteiger partial charge is 0.0589 e. The van der Waals surface area contributed by atoms with Gasteiger partial charge in [0.05, 0.1) is 6.61 Å². The summed E-state index contributed by atoms with van der Waals surface area (Å²) in [5, 5.41) is 0. The molecule has 1 heterocycles. The van der Waals surface area contributed by atoms with Crippen LogP contribution >= 0.6 is 0 Å². The van der Waals surface area contributed by atoms with Gasteiger partial charge in [0, 0.05) is 39.8 Å². The maximum Gasteiger partial charge on any atom is 0.0589 e. The molecule has 0 spiro atoms. The molecule has 1 aliphatic heterocycles. The summed E-state index contributed by atoms with van der Waals surface area (Å²) in [5.41, 5.74) is 0.486. The first-order valence-electron chi connectivity index (χ1n) is 6.95. The third-order valence-electron chi connectivity index (χ3n) is 3.48. The lowest BCUT2D eigenvalue weighted by Crippen LogP contribution is -2.47. The van der Waals surface area contributed by atoms with Gasteiger partial charge in [-0.15, -0.1) is 0 Å². The average molecular weight is 242 g/mol. The van der Waals surface area contributed by atoms with Crippen LogP contribution in [0.4, 0.5) is 0 Å². The maximum atomic E-state index is 5.12. The molecule has 102 valence electrons. The molecule has 1 fully saturated rings. The zero-order chi connectivity index (χ0) is 12.7. The molecule has 0 aromatic rings. The molecule has 3 heteroatoms. The fourth-order valence-corrected chi connectivity index (χ4v) is 2.29. The third-order valence-corrected chi connectivity index (χ3v) is 3.48. The monoisotopic (exact) mass is 242 g/mol. The van der Waals surface area contributed by atoms with E-state index in [0.717, 1.165) is 13.2 Å². The molecule has 0 radical (unpaired) electrons. The number of methoxy groups -OCH3 is 1. The first-order chi connectivity index (χ1) is 8.01. The molecule has 0 amide bonds. The highest BCUT2D eigenvalue weighted by Crippen LogP contribution is 2.20. The Kier molecular flexibility index (Phi) is 6.45. The van der Waals surface area contributed by atoms with E-state index in [2.05, 4.69) is 30.6 Å². The maximum absolute atomic E-state index is 5.12. The molecule has 0 aromatic heterocycles. The molecular formula is C14H30N2O. The van der Waals surface area contributed by atoms with E-state index >= 15 is 0 Å². The largest absolute Gasteiger partial charge is 0.383 e. The van der Waals surface area contributed by atoms with Crippen molar-refractivity contribution in [1.82, 2.24) is 9.80 Å². The highest BCUT2D eigenvalue weighted by molar-refractivity contribution is 4.72. The molecule has 0 aromatic carbocycles. The van der Waals surface area contributed by atoms with E-state index < -0.39 is 0 Å². The van der Waals surface area contributed by atoms with Crippen molar-refractivity contribution in [3.63, 3.8) is 0 Å². The van der Waals surface area contributed by atoms with Crippen LogP contribution in [0.15, 0.2) is 0 Å². The zero-order valence-corrected chi connectivity index (χ0v) is 12.2. The van der Waals surface area contributed by atoms with E-state index in [1.165, 1.54) is 45.6 Å². The minimum Gasteiger partial charge on any atom is -0.383 e. The van der Waals surface area contributed by atoms with Crippen LogP contribution in [0.1, 0.15) is 33.6 Å². The van der Waals surface area contributed by atoms with Crippen molar-refractivity contribution in [1.29, 1.82) is 0 Å². The average Bonchev–Trinajstić information content (AvgIpc) is 2.26. The Hall–Kier alpha value is -0.120. The SMILES string of the molecule is COCCN1CCN(CCCC(C)(C)C)CC1. The van der Waals surface area contributed by atoms with Crippen LogP contribution in [0.2, 0.25) is 0 Å². The number of nitrogens with zero attached hydrogens (tertiary/aromatic N) is 2. The second-order valence-corrected chi connectivity index (χ2v) is 6.34. The van der Waals surface area contributed by atoms with E-state index in [-0.39, 0.29) is 0 Å². The van der Waals surface area contributed by atoms with E-state index in [1.54, 1.807) is 7.11 Å². The number of piperazine rings is 1. The second kappa shape index (κ2) is 7.34. The Balaban J connectivity index is 2.07. The quantitative estimate of drug-likeness (QED) is 0.709. The van der Waals surface area contributed by atoms with Crippen molar-refractivity contribution in [2.24, 2.45) is 5.41 Å². The summed E-state index contributed by atoms with van der Waals surface area (Å²) in [5.74, 6) is 0. The Morgan fingerprint density at radius 1 is 0.941 bits per heavy atom. The van der Waals surface area contributed by atoms with Crippen molar-refractivity contribution >= 4 is 0 Å². The first-order valence-corrected chi connectivity index (χ1v) is 6.95. The van der Waals surface area contributed by atoms with Gasteiger partial charge in [-0.05, 0) is 24.8 Å². The number of rotatable bonds is 6. The van der Waals surface area contributed by atoms with E-state index in [4.69, 9.17) is 4.74 Å². The van der Waals surface area contributed by atoms with Gasteiger partial charge < -0.3 is 9.64 Å². The Bertz CT molecular complexity index is 193. The van der Waals surface area contributed by atoms with Crippen molar-refractivity contribution in [2.45, 2.75) is 33.6 Å². The minimum atomic E-state index is 0.486. The highest BCUT2D eigenvalue weighted by atomic mass is 16.5. The molecule has 0 atom stereocenters. The van der Waals surface area contributed by atoms with Gasteiger partial charge in [0.2, 0.25) is 0 Å².